The van der Waals surface area contributed by atoms with E-state index in [-0.39, 0.29) is 24.8 Å². The molecule has 0 aliphatic rings. The van der Waals surface area contributed by atoms with Crippen molar-refractivity contribution in [2.45, 2.75) is 13.8 Å². The first kappa shape index (κ1) is 15.4. The molecule has 19 heavy (non-hydrogen) atoms. The number of aromatic nitrogens is 1. The molecule has 1 amide bonds. The highest BCUT2D eigenvalue weighted by atomic mass is 16.2. The Morgan fingerprint density at radius 2 is 1.84 bits per heavy atom. The first-order chi connectivity index (χ1) is 8.97. The summed E-state index contributed by atoms with van der Waals surface area (Å²) in [5.41, 5.74) is 0.685. The number of hydrogen-bond donors (Lipinski definition) is 0. The molecule has 0 aliphatic heterocycles. The number of carbonyl (C=O) groups is 2. The quantitative estimate of drug-likeness (QED) is 0.691. The molecule has 1 heterocycles. The van der Waals surface area contributed by atoms with Crippen LogP contribution >= 0.6 is 0 Å². The zero-order valence-corrected chi connectivity index (χ0v) is 12.2. The molecule has 0 radical (unpaired) electrons. The highest BCUT2D eigenvalue weighted by molar-refractivity contribution is 5.97. The van der Waals surface area contributed by atoms with Crippen molar-refractivity contribution in [3.05, 3.63) is 24.0 Å². The van der Waals surface area contributed by atoms with Gasteiger partial charge in [0.05, 0.1) is 13.1 Å². The molecule has 0 aromatic carbocycles. The van der Waals surface area contributed by atoms with Crippen LogP contribution in [-0.4, -0.2) is 59.3 Å². The number of ketones is 1. The summed E-state index contributed by atoms with van der Waals surface area (Å²) in [5, 5.41) is 0. The van der Waals surface area contributed by atoms with Gasteiger partial charge in [0.25, 0.3) is 0 Å². The molecule has 0 atom stereocenters. The summed E-state index contributed by atoms with van der Waals surface area (Å²) in [7, 11) is 3.67. The topological polar surface area (TPSA) is 45.6 Å². The van der Waals surface area contributed by atoms with E-state index in [2.05, 4.69) is 0 Å². The van der Waals surface area contributed by atoms with Crippen molar-refractivity contribution in [2.75, 3.05) is 33.2 Å². The second-order valence-electron chi connectivity index (χ2n) is 4.73. The smallest absolute Gasteiger partial charge is 0.236 e. The molecule has 0 saturated carbocycles. The van der Waals surface area contributed by atoms with E-state index in [1.807, 2.05) is 31.7 Å². The van der Waals surface area contributed by atoms with Crippen molar-refractivity contribution in [1.82, 2.24) is 14.4 Å². The van der Waals surface area contributed by atoms with Crippen LogP contribution < -0.4 is 0 Å². The fourth-order valence-corrected chi connectivity index (χ4v) is 1.97. The lowest BCUT2D eigenvalue weighted by atomic mass is 10.2. The van der Waals surface area contributed by atoms with Crippen molar-refractivity contribution in [1.29, 1.82) is 0 Å². The van der Waals surface area contributed by atoms with Crippen molar-refractivity contribution < 1.29 is 9.59 Å². The number of nitrogens with zero attached hydrogens (tertiary/aromatic N) is 3. The van der Waals surface area contributed by atoms with E-state index in [1.54, 1.807) is 29.1 Å². The summed E-state index contributed by atoms with van der Waals surface area (Å²) < 4.78 is 1.84. The van der Waals surface area contributed by atoms with Crippen LogP contribution in [0.25, 0.3) is 0 Å². The summed E-state index contributed by atoms with van der Waals surface area (Å²) in [6, 6.07) is 1.79. The van der Waals surface area contributed by atoms with E-state index in [0.717, 1.165) is 0 Å². The van der Waals surface area contributed by atoms with Gasteiger partial charge in [-0.3, -0.25) is 14.5 Å². The molecule has 1 aromatic rings. The minimum Gasteiger partial charge on any atom is -0.357 e. The van der Waals surface area contributed by atoms with Crippen LogP contribution in [0.15, 0.2) is 18.5 Å². The second-order valence-corrected chi connectivity index (χ2v) is 4.73. The molecule has 0 N–H and O–H groups in total. The zero-order valence-electron chi connectivity index (χ0n) is 12.2. The largest absolute Gasteiger partial charge is 0.357 e. The van der Waals surface area contributed by atoms with E-state index in [9.17, 15) is 9.59 Å². The van der Waals surface area contributed by atoms with E-state index in [4.69, 9.17) is 0 Å². The third kappa shape index (κ3) is 4.52. The number of Topliss-reactive ketones (excluding diaryl/α,β-unsaturated/α-hetero) is 1. The Kier molecular flexibility index (Phi) is 5.76. The minimum atomic E-state index is 0.0375. The zero-order chi connectivity index (χ0) is 14.4. The molecule has 0 saturated heterocycles. The first-order valence-corrected chi connectivity index (χ1v) is 6.59. The van der Waals surface area contributed by atoms with Crippen LogP contribution in [0.1, 0.15) is 24.2 Å². The van der Waals surface area contributed by atoms with E-state index < -0.39 is 0 Å². The number of rotatable bonds is 7. The monoisotopic (exact) mass is 265 g/mol. The van der Waals surface area contributed by atoms with Gasteiger partial charge in [0, 0.05) is 38.1 Å². The van der Waals surface area contributed by atoms with Crippen molar-refractivity contribution in [3.8, 4) is 0 Å². The lowest BCUT2D eigenvalue weighted by molar-refractivity contribution is -0.131. The van der Waals surface area contributed by atoms with Gasteiger partial charge in [0.1, 0.15) is 0 Å². The summed E-state index contributed by atoms with van der Waals surface area (Å²) in [5.74, 6) is 0.101. The van der Waals surface area contributed by atoms with Crippen molar-refractivity contribution >= 4 is 11.7 Å². The fraction of sp³-hybridized carbons (Fsp3) is 0.571. The van der Waals surface area contributed by atoms with Crippen LogP contribution in [-0.2, 0) is 11.8 Å². The molecule has 0 fully saturated rings. The Morgan fingerprint density at radius 1 is 1.21 bits per heavy atom. The molecular formula is C14H23N3O2. The third-order valence-electron chi connectivity index (χ3n) is 3.09. The standard InChI is InChI=1S/C14H23N3O2/c1-5-17(6-2)14(19)11-16(4)10-13(18)12-7-8-15(3)9-12/h7-9H,5-6,10-11H2,1-4H3. The van der Waals surface area contributed by atoms with Gasteiger partial charge < -0.3 is 9.47 Å². The van der Waals surface area contributed by atoms with E-state index in [1.165, 1.54) is 0 Å². The van der Waals surface area contributed by atoms with Gasteiger partial charge in [0.2, 0.25) is 5.91 Å². The average Bonchev–Trinajstić information content (AvgIpc) is 2.77. The molecule has 106 valence electrons. The highest BCUT2D eigenvalue weighted by Gasteiger charge is 2.15. The van der Waals surface area contributed by atoms with Crippen molar-refractivity contribution in [2.24, 2.45) is 7.05 Å². The first-order valence-electron chi connectivity index (χ1n) is 6.59. The molecule has 1 aromatic heterocycles. The van der Waals surface area contributed by atoms with Crippen molar-refractivity contribution in [3.63, 3.8) is 0 Å². The fourth-order valence-electron chi connectivity index (χ4n) is 1.97. The minimum absolute atomic E-state index is 0.0375. The Hall–Kier alpha value is -1.62. The molecule has 0 spiro atoms. The molecule has 1 rings (SSSR count). The average molecular weight is 265 g/mol. The summed E-state index contributed by atoms with van der Waals surface area (Å²) in [4.78, 5) is 27.4. The lowest BCUT2D eigenvalue weighted by Crippen LogP contribution is -2.40. The number of hydrogen-bond acceptors (Lipinski definition) is 3. The van der Waals surface area contributed by atoms with Gasteiger partial charge in [0.15, 0.2) is 5.78 Å². The maximum atomic E-state index is 12.0. The lowest BCUT2D eigenvalue weighted by Gasteiger charge is -2.22. The molecule has 5 nitrogen and oxygen atoms in total. The predicted molar refractivity (Wildman–Crippen MR) is 75.2 cm³/mol. The number of carbonyl (C=O) groups excluding carboxylic acids is 2. The summed E-state index contributed by atoms with van der Waals surface area (Å²) in [6.45, 7) is 5.86. The van der Waals surface area contributed by atoms with Gasteiger partial charge in [-0.1, -0.05) is 0 Å². The van der Waals surface area contributed by atoms with Crippen LogP contribution in [0.2, 0.25) is 0 Å². The maximum absolute atomic E-state index is 12.0. The predicted octanol–water partition coefficient (Wildman–Crippen LogP) is 1.01. The Labute approximate surface area is 114 Å². The van der Waals surface area contributed by atoms with Gasteiger partial charge in [-0.15, -0.1) is 0 Å². The third-order valence-corrected chi connectivity index (χ3v) is 3.09. The number of likely N-dealkylation sites (N-methyl/N-ethyl adjacent to an activating group) is 2. The molecule has 5 heteroatoms. The van der Waals surface area contributed by atoms with Gasteiger partial charge in [-0.25, -0.2) is 0 Å². The number of amides is 1. The van der Waals surface area contributed by atoms with Crippen LogP contribution in [0.4, 0.5) is 0 Å². The van der Waals surface area contributed by atoms with Gasteiger partial charge in [-0.2, -0.15) is 0 Å². The Morgan fingerprint density at radius 3 is 2.32 bits per heavy atom. The maximum Gasteiger partial charge on any atom is 0.236 e. The Bertz CT molecular complexity index is 436. The van der Waals surface area contributed by atoms with Gasteiger partial charge in [-0.05, 0) is 27.0 Å². The highest BCUT2D eigenvalue weighted by Crippen LogP contribution is 2.02. The van der Waals surface area contributed by atoms with E-state index >= 15 is 0 Å². The second kappa shape index (κ2) is 7.09. The molecule has 0 aliphatic carbocycles. The summed E-state index contributed by atoms with van der Waals surface area (Å²) in [6.07, 6.45) is 3.64. The summed E-state index contributed by atoms with van der Waals surface area (Å²) >= 11 is 0. The van der Waals surface area contributed by atoms with Crippen LogP contribution in [0.3, 0.4) is 0 Å². The molecule has 0 bridgehead atoms. The molecule has 0 unspecified atom stereocenters. The van der Waals surface area contributed by atoms with E-state index in [0.29, 0.717) is 18.7 Å². The normalized spacial score (nSPS) is 10.8. The van der Waals surface area contributed by atoms with Crippen LogP contribution in [0.5, 0.6) is 0 Å². The Balaban J connectivity index is 2.49. The van der Waals surface area contributed by atoms with Gasteiger partial charge >= 0.3 is 0 Å². The van der Waals surface area contributed by atoms with Crippen LogP contribution in [0, 0.1) is 0 Å². The SMILES string of the molecule is CCN(CC)C(=O)CN(C)CC(=O)c1ccn(C)c1. The number of aryl methyl sites for hydroxylation is 1. The molecular weight excluding hydrogens is 242 g/mol.